The molecule has 3 atom stereocenters. The second-order valence-corrected chi connectivity index (χ2v) is 8.84. The van der Waals surface area contributed by atoms with E-state index in [0.29, 0.717) is 6.61 Å². The van der Waals surface area contributed by atoms with Gasteiger partial charge in [-0.2, -0.15) is 0 Å². The lowest BCUT2D eigenvalue weighted by atomic mass is 10.00. The standard InChI is InChI=1S/C14H18BrNO3S2/c1-3-19-8-14(13(16)20)11(12(14)21(2,17)18)9-4-6-10(15)7-5-9/h4-7,11-12H,3,8H2,1-2H3,(H2,16,20)/t11-,12+,14+/m1/s1. The van der Waals surface area contributed by atoms with Crippen LogP contribution in [0.5, 0.6) is 0 Å². The molecule has 0 aromatic heterocycles. The number of thiocarbonyl (C=S) groups is 1. The predicted octanol–water partition coefficient (Wildman–Crippen LogP) is 2.27. The number of rotatable bonds is 6. The Kier molecular flexibility index (Phi) is 4.78. The summed E-state index contributed by atoms with van der Waals surface area (Å²) < 4.78 is 30.7. The van der Waals surface area contributed by atoms with Gasteiger partial charge in [0.15, 0.2) is 9.84 Å². The topological polar surface area (TPSA) is 69.4 Å². The van der Waals surface area contributed by atoms with Gasteiger partial charge < -0.3 is 10.5 Å². The lowest BCUT2D eigenvalue weighted by Gasteiger charge is -2.16. The third kappa shape index (κ3) is 3.02. The monoisotopic (exact) mass is 391 g/mol. The Labute approximate surface area is 139 Å². The van der Waals surface area contributed by atoms with E-state index < -0.39 is 20.5 Å². The van der Waals surface area contributed by atoms with Gasteiger partial charge in [0, 0.05) is 23.3 Å². The Balaban J connectivity index is 2.46. The molecule has 1 aliphatic carbocycles. The molecule has 2 N–H and O–H groups in total. The quantitative estimate of drug-likeness (QED) is 0.753. The summed E-state index contributed by atoms with van der Waals surface area (Å²) in [7, 11) is -3.28. The summed E-state index contributed by atoms with van der Waals surface area (Å²) in [5.41, 5.74) is 6.01. The van der Waals surface area contributed by atoms with Crippen LogP contribution < -0.4 is 5.73 Å². The molecular formula is C14H18BrNO3S2. The number of ether oxygens (including phenoxy) is 1. The van der Waals surface area contributed by atoms with Gasteiger partial charge in [-0.05, 0) is 24.6 Å². The highest BCUT2D eigenvalue weighted by Crippen LogP contribution is 2.63. The summed E-state index contributed by atoms with van der Waals surface area (Å²) in [5.74, 6) is -0.246. The van der Waals surface area contributed by atoms with Gasteiger partial charge in [-0.25, -0.2) is 8.42 Å². The molecule has 0 unspecified atom stereocenters. The molecule has 1 fully saturated rings. The third-order valence-electron chi connectivity index (χ3n) is 3.95. The van der Waals surface area contributed by atoms with Crippen LogP contribution in [0.25, 0.3) is 0 Å². The van der Waals surface area contributed by atoms with E-state index in [-0.39, 0.29) is 17.5 Å². The summed E-state index contributed by atoms with van der Waals surface area (Å²) in [6, 6.07) is 7.58. The third-order valence-corrected chi connectivity index (χ3v) is 6.47. The van der Waals surface area contributed by atoms with E-state index in [1.54, 1.807) is 0 Å². The molecule has 1 aromatic rings. The van der Waals surface area contributed by atoms with Crippen LogP contribution in [0.1, 0.15) is 18.4 Å². The molecule has 7 heteroatoms. The van der Waals surface area contributed by atoms with Crippen LogP contribution in [-0.2, 0) is 14.6 Å². The summed E-state index contributed by atoms with van der Waals surface area (Å²) in [5, 5.41) is -0.616. The van der Waals surface area contributed by atoms with Gasteiger partial charge in [0.05, 0.1) is 22.3 Å². The van der Waals surface area contributed by atoms with Crippen molar-refractivity contribution < 1.29 is 13.2 Å². The molecule has 0 bridgehead atoms. The molecule has 21 heavy (non-hydrogen) atoms. The molecule has 1 aliphatic rings. The Morgan fingerprint density at radius 1 is 1.43 bits per heavy atom. The fourth-order valence-corrected chi connectivity index (χ4v) is 5.56. The second kappa shape index (κ2) is 5.95. The zero-order valence-corrected chi connectivity index (χ0v) is 15.1. The summed E-state index contributed by atoms with van der Waals surface area (Å²) in [6.45, 7) is 2.59. The van der Waals surface area contributed by atoms with Crippen molar-refractivity contribution >= 4 is 43.0 Å². The molecule has 0 aliphatic heterocycles. The predicted molar refractivity (Wildman–Crippen MR) is 91.2 cm³/mol. The van der Waals surface area contributed by atoms with E-state index in [1.165, 1.54) is 6.26 Å². The molecule has 2 rings (SSSR count). The fourth-order valence-electron chi connectivity index (χ4n) is 2.98. The smallest absolute Gasteiger partial charge is 0.152 e. The first kappa shape index (κ1) is 16.9. The van der Waals surface area contributed by atoms with Crippen molar-refractivity contribution in [3.05, 3.63) is 34.3 Å². The first-order valence-electron chi connectivity index (χ1n) is 6.57. The molecule has 1 aromatic carbocycles. The first-order chi connectivity index (χ1) is 9.75. The highest BCUT2D eigenvalue weighted by Gasteiger charge is 2.71. The minimum absolute atomic E-state index is 0.208. The van der Waals surface area contributed by atoms with E-state index >= 15 is 0 Å². The Morgan fingerprint density at radius 2 is 2.00 bits per heavy atom. The van der Waals surface area contributed by atoms with Gasteiger partial charge >= 0.3 is 0 Å². The molecule has 4 nitrogen and oxygen atoms in total. The van der Waals surface area contributed by atoms with E-state index in [0.717, 1.165) is 10.0 Å². The van der Waals surface area contributed by atoms with Crippen molar-refractivity contribution in [3.8, 4) is 0 Å². The van der Waals surface area contributed by atoms with Crippen LogP contribution in [0.4, 0.5) is 0 Å². The second-order valence-electron chi connectivity index (χ2n) is 5.32. The number of hydrogen-bond acceptors (Lipinski definition) is 4. The van der Waals surface area contributed by atoms with Crippen LogP contribution in [0.15, 0.2) is 28.7 Å². The van der Waals surface area contributed by atoms with Crippen LogP contribution in [0, 0.1) is 5.41 Å². The Bertz CT molecular complexity index is 645. The van der Waals surface area contributed by atoms with Crippen LogP contribution >= 0.6 is 28.1 Å². The lowest BCUT2D eigenvalue weighted by Crippen LogP contribution is -2.33. The number of benzene rings is 1. The average molecular weight is 392 g/mol. The van der Waals surface area contributed by atoms with Crippen molar-refractivity contribution in [1.82, 2.24) is 0 Å². The van der Waals surface area contributed by atoms with E-state index in [4.69, 9.17) is 22.7 Å². The van der Waals surface area contributed by atoms with Crippen LogP contribution in [-0.4, -0.2) is 38.1 Å². The average Bonchev–Trinajstić information content (AvgIpc) is 3.08. The molecular weight excluding hydrogens is 374 g/mol. The zero-order valence-electron chi connectivity index (χ0n) is 11.9. The van der Waals surface area contributed by atoms with Crippen LogP contribution in [0.3, 0.4) is 0 Å². The maximum atomic E-state index is 12.1. The summed E-state index contributed by atoms with van der Waals surface area (Å²) >= 11 is 8.56. The van der Waals surface area contributed by atoms with Crippen molar-refractivity contribution in [2.75, 3.05) is 19.5 Å². The lowest BCUT2D eigenvalue weighted by molar-refractivity contribution is 0.121. The van der Waals surface area contributed by atoms with Gasteiger partial charge in [0.25, 0.3) is 0 Å². The molecule has 1 saturated carbocycles. The molecule has 116 valence electrons. The number of hydrogen-bond donors (Lipinski definition) is 1. The fraction of sp³-hybridized carbons (Fsp3) is 0.500. The number of sulfone groups is 1. The van der Waals surface area contributed by atoms with Crippen LogP contribution in [0.2, 0.25) is 0 Å². The Morgan fingerprint density at radius 3 is 2.43 bits per heavy atom. The molecule has 0 amide bonds. The number of nitrogens with two attached hydrogens (primary N) is 1. The van der Waals surface area contributed by atoms with Gasteiger partial charge in [0.2, 0.25) is 0 Å². The van der Waals surface area contributed by atoms with Crippen molar-refractivity contribution in [2.24, 2.45) is 11.1 Å². The first-order valence-corrected chi connectivity index (χ1v) is 9.72. The van der Waals surface area contributed by atoms with Gasteiger partial charge in [0.1, 0.15) is 0 Å². The minimum atomic E-state index is -3.28. The van der Waals surface area contributed by atoms with Gasteiger partial charge in [-0.15, -0.1) is 0 Å². The van der Waals surface area contributed by atoms with E-state index in [9.17, 15) is 8.42 Å². The SMILES string of the molecule is CCOC[C@]1(C(N)=S)[C@H](c2ccc(Br)cc2)[C@@H]1S(C)(=O)=O. The maximum absolute atomic E-state index is 12.1. The largest absolute Gasteiger partial charge is 0.393 e. The molecule has 0 heterocycles. The maximum Gasteiger partial charge on any atom is 0.152 e. The molecule has 0 spiro atoms. The zero-order chi connectivity index (χ0) is 15.8. The van der Waals surface area contributed by atoms with E-state index in [1.807, 2.05) is 31.2 Å². The highest BCUT2D eigenvalue weighted by atomic mass is 79.9. The van der Waals surface area contributed by atoms with Crippen molar-refractivity contribution in [3.63, 3.8) is 0 Å². The Hall–Kier alpha value is -0.500. The minimum Gasteiger partial charge on any atom is -0.393 e. The highest BCUT2D eigenvalue weighted by molar-refractivity contribution is 9.10. The number of halogens is 1. The normalized spacial score (nSPS) is 28.3. The van der Waals surface area contributed by atoms with E-state index in [2.05, 4.69) is 15.9 Å². The van der Waals surface area contributed by atoms with Gasteiger partial charge in [-0.1, -0.05) is 40.3 Å². The molecule has 0 saturated heterocycles. The van der Waals surface area contributed by atoms with Gasteiger partial charge in [-0.3, -0.25) is 0 Å². The summed E-state index contributed by atoms with van der Waals surface area (Å²) in [4.78, 5) is 0.208. The van der Waals surface area contributed by atoms with Crippen molar-refractivity contribution in [1.29, 1.82) is 0 Å². The summed E-state index contributed by atoms with van der Waals surface area (Å²) in [6.07, 6.45) is 1.23. The van der Waals surface area contributed by atoms with Crippen molar-refractivity contribution in [2.45, 2.75) is 18.1 Å². The molecule has 0 radical (unpaired) electrons.